The van der Waals surface area contributed by atoms with E-state index in [9.17, 15) is 19.2 Å². The first kappa shape index (κ1) is 29.8. The van der Waals surface area contributed by atoms with Gasteiger partial charge in [-0.3, -0.25) is 19.2 Å². The van der Waals surface area contributed by atoms with Gasteiger partial charge in [0.15, 0.2) is 0 Å². The molecule has 0 bridgehead atoms. The van der Waals surface area contributed by atoms with Gasteiger partial charge >= 0.3 is 5.97 Å². The maximum atomic E-state index is 11.8. The summed E-state index contributed by atoms with van der Waals surface area (Å²) in [5.74, 6) is -1.34. The summed E-state index contributed by atoms with van der Waals surface area (Å²) in [6.07, 6.45) is 2.07. The number of ether oxygens (including phenoxy) is 4. The van der Waals surface area contributed by atoms with Crippen LogP contribution in [0.2, 0.25) is 0 Å². The third-order valence-electron chi connectivity index (χ3n) is 4.26. The first-order valence-corrected chi connectivity index (χ1v) is 11.0. The van der Waals surface area contributed by atoms with Crippen LogP contribution in [-0.4, -0.2) is 90.1 Å². The fraction of sp³-hybridized carbons (Fsp3) is 0.810. The van der Waals surface area contributed by atoms with Crippen LogP contribution >= 0.6 is 0 Å². The lowest BCUT2D eigenvalue weighted by molar-refractivity contribution is -0.141. The number of hydrogen-bond donors (Lipinski definition) is 3. The number of esters is 1. The number of carbonyl (C=O) groups excluding carboxylic acids is 4. The van der Waals surface area contributed by atoms with Crippen LogP contribution in [0.15, 0.2) is 0 Å². The lowest BCUT2D eigenvalue weighted by Crippen LogP contribution is -2.34. The van der Waals surface area contributed by atoms with E-state index in [2.05, 4.69) is 20.7 Å². The highest BCUT2D eigenvalue weighted by Gasteiger charge is 2.15. The Morgan fingerprint density at radius 2 is 1.31 bits per heavy atom. The van der Waals surface area contributed by atoms with Crippen molar-refractivity contribution in [3.8, 4) is 0 Å². The minimum Gasteiger partial charge on any atom is -0.468 e. The Morgan fingerprint density at radius 1 is 0.781 bits per heavy atom. The van der Waals surface area contributed by atoms with Crippen LogP contribution in [0.3, 0.4) is 0 Å². The molecule has 0 aliphatic rings. The normalized spacial score (nSPS) is 11.5. The second-order valence-electron chi connectivity index (χ2n) is 7.11. The van der Waals surface area contributed by atoms with Crippen molar-refractivity contribution in [3.05, 3.63) is 0 Å². The van der Waals surface area contributed by atoms with E-state index >= 15 is 0 Å². The Hall–Kier alpha value is -2.24. The SMILES string of the molecule is COC(=O)CNC(=O)[C@@H](C)CCC(=O)NCCCOCCOCCOCCCNC(C)=O. The summed E-state index contributed by atoms with van der Waals surface area (Å²) in [5, 5.41) is 7.95. The Labute approximate surface area is 190 Å². The summed E-state index contributed by atoms with van der Waals surface area (Å²) >= 11 is 0. The van der Waals surface area contributed by atoms with Gasteiger partial charge < -0.3 is 34.9 Å². The van der Waals surface area contributed by atoms with Gasteiger partial charge in [0.25, 0.3) is 0 Å². The van der Waals surface area contributed by atoms with E-state index in [1.165, 1.54) is 14.0 Å². The zero-order chi connectivity index (χ0) is 24.0. The third-order valence-corrected chi connectivity index (χ3v) is 4.26. The van der Waals surface area contributed by atoms with Crippen LogP contribution in [0.4, 0.5) is 0 Å². The summed E-state index contributed by atoms with van der Waals surface area (Å²) in [6, 6.07) is 0. The Bertz CT molecular complexity index is 545. The molecule has 0 rings (SSSR count). The van der Waals surface area contributed by atoms with Gasteiger partial charge in [-0.25, -0.2) is 0 Å². The number of hydrogen-bond acceptors (Lipinski definition) is 8. The number of methoxy groups -OCH3 is 1. The van der Waals surface area contributed by atoms with E-state index in [0.29, 0.717) is 65.6 Å². The quantitative estimate of drug-likeness (QED) is 0.167. The second-order valence-corrected chi connectivity index (χ2v) is 7.11. The molecule has 32 heavy (non-hydrogen) atoms. The van der Waals surface area contributed by atoms with E-state index in [1.54, 1.807) is 6.92 Å². The van der Waals surface area contributed by atoms with Crippen molar-refractivity contribution in [1.29, 1.82) is 0 Å². The molecule has 11 nitrogen and oxygen atoms in total. The van der Waals surface area contributed by atoms with Crippen molar-refractivity contribution in [2.75, 3.05) is 66.4 Å². The maximum absolute atomic E-state index is 11.8. The predicted molar refractivity (Wildman–Crippen MR) is 117 cm³/mol. The van der Waals surface area contributed by atoms with Crippen molar-refractivity contribution in [1.82, 2.24) is 16.0 Å². The van der Waals surface area contributed by atoms with Crippen LogP contribution in [0, 0.1) is 5.92 Å². The summed E-state index contributed by atoms with van der Waals surface area (Å²) in [6.45, 7) is 7.12. The molecule has 11 heteroatoms. The van der Waals surface area contributed by atoms with Crippen LogP contribution < -0.4 is 16.0 Å². The smallest absolute Gasteiger partial charge is 0.325 e. The zero-order valence-corrected chi connectivity index (χ0v) is 19.5. The van der Waals surface area contributed by atoms with E-state index < -0.39 is 5.97 Å². The van der Waals surface area contributed by atoms with Crippen LogP contribution in [0.25, 0.3) is 0 Å². The monoisotopic (exact) mass is 461 g/mol. The van der Waals surface area contributed by atoms with Crippen molar-refractivity contribution < 1.29 is 38.1 Å². The zero-order valence-electron chi connectivity index (χ0n) is 19.5. The van der Waals surface area contributed by atoms with Crippen molar-refractivity contribution in [2.45, 2.75) is 39.5 Å². The molecule has 0 aliphatic carbocycles. The molecule has 0 unspecified atom stereocenters. The Kier molecular flexibility index (Phi) is 19.2. The van der Waals surface area contributed by atoms with Gasteiger partial charge in [-0.05, 0) is 19.3 Å². The lowest BCUT2D eigenvalue weighted by Gasteiger charge is -2.11. The average molecular weight is 462 g/mol. The highest BCUT2D eigenvalue weighted by Crippen LogP contribution is 2.05. The van der Waals surface area contributed by atoms with Gasteiger partial charge in [-0.1, -0.05) is 6.92 Å². The maximum Gasteiger partial charge on any atom is 0.325 e. The molecular weight excluding hydrogens is 422 g/mol. The molecular formula is C21H39N3O8. The Balaban J connectivity index is 3.41. The highest BCUT2D eigenvalue weighted by molar-refractivity contribution is 5.84. The number of amides is 3. The van der Waals surface area contributed by atoms with Gasteiger partial charge in [-0.15, -0.1) is 0 Å². The van der Waals surface area contributed by atoms with Gasteiger partial charge in [0.1, 0.15) is 6.54 Å². The van der Waals surface area contributed by atoms with Crippen molar-refractivity contribution in [2.24, 2.45) is 5.92 Å². The lowest BCUT2D eigenvalue weighted by atomic mass is 10.0. The summed E-state index contributed by atoms with van der Waals surface area (Å²) < 4.78 is 20.6. The molecule has 0 fully saturated rings. The van der Waals surface area contributed by atoms with Gasteiger partial charge in [-0.2, -0.15) is 0 Å². The molecule has 3 N–H and O–H groups in total. The molecule has 0 aromatic heterocycles. The second kappa shape index (κ2) is 20.7. The molecule has 1 atom stereocenters. The Morgan fingerprint density at radius 3 is 1.84 bits per heavy atom. The van der Waals surface area contributed by atoms with Gasteiger partial charge in [0.05, 0.1) is 33.5 Å². The largest absolute Gasteiger partial charge is 0.468 e. The number of nitrogens with one attached hydrogen (secondary N) is 3. The molecule has 0 heterocycles. The fourth-order valence-electron chi connectivity index (χ4n) is 2.36. The minimum atomic E-state index is -0.516. The molecule has 0 spiro atoms. The first-order chi connectivity index (χ1) is 15.4. The first-order valence-electron chi connectivity index (χ1n) is 11.0. The molecule has 186 valence electrons. The summed E-state index contributed by atoms with van der Waals surface area (Å²) in [7, 11) is 1.25. The average Bonchev–Trinajstić information content (AvgIpc) is 2.77. The standard InChI is InChI=1S/C21H39N3O8/c1-17(21(28)24-16-20(27)29-3)6-7-19(26)23-9-5-11-31-13-15-32-14-12-30-10-4-8-22-18(2)25/h17H,4-16H2,1-3H3,(H,22,25)(H,23,26)(H,24,28)/t17-/m0/s1. The van der Waals surface area contributed by atoms with Crippen LogP contribution in [0.1, 0.15) is 39.5 Å². The van der Waals surface area contributed by atoms with Crippen molar-refractivity contribution in [3.63, 3.8) is 0 Å². The molecule has 0 saturated carbocycles. The number of rotatable bonds is 20. The van der Waals surface area contributed by atoms with E-state index in [1.807, 2.05) is 0 Å². The summed E-state index contributed by atoms with van der Waals surface area (Å²) in [4.78, 5) is 45.3. The summed E-state index contributed by atoms with van der Waals surface area (Å²) in [5.41, 5.74) is 0. The van der Waals surface area contributed by atoms with E-state index in [-0.39, 0.29) is 36.6 Å². The van der Waals surface area contributed by atoms with E-state index in [4.69, 9.17) is 14.2 Å². The molecule has 0 radical (unpaired) electrons. The van der Waals surface area contributed by atoms with Gasteiger partial charge in [0, 0.05) is 45.6 Å². The third kappa shape index (κ3) is 19.7. The minimum absolute atomic E-state index is 0.0404. The number of carbonyl (C=O) groups is 4. The molecule has 0 aromatic carbocycles. The topological polar surface area (TPSA) is 141 Å². The fourth-order valence-corrected chi connectivity index (χ4v) is 2.36. The van der Waals surface area contributed by atoms with Crippen LogP contribution in [0.5, 0.6) is 0 Å². The molecule has 0 saturated heterocycles. The van der Waals surface area contributed by atoms with E-state index in [0.717, 1.165) is 6.42 Å². The molecule has 0 aromatic rings. The van der Waals surface area contributed by atoms with Crippen LogP contribution in [-0.2, 0) is 38.1 Å². The van der Waals surface area contributed by atoms with Crippen molar-refractivity contribution >= 4 is 23.7 Å². The molecule has 3 amide bonds. The van der Waals surface area contributed by atoms with Gasteiger partial charge in [0.2, 0.25) is 17.7 Å². The highest BCUT2D eigenvalue weighted by atomic mass is 16.5. The predicted octanol–water partition coefficient (Wildman–Crippen LogP) is -0.226. The molecule has 0 aliphatic heterocycles.